The molecule has 2 aromatic carbocycles. The lowest BCUT2D eigenvalue weighted by Gasteiger charge is -2.11. The summed E-state index contributed by atoms with van der Waals surface area (Å²) in [7, 11) is 1.33. The predicted molar refractivity (Wildman–Crippen MR) is 102 cm³/mol. The molecule has 0 saturated heterocycles. The van der Waals surface area contributed by atoms with E-state index < -0.39 is 10.8 Å². The molecule has 2 rings (SSSR count). The summed E-state index contributed by atoms with van der Waals surface area (Å²) >= 11 is 0. The van der Waals surface area contributed by atoms with Crippen molar-refractivity contribution in [2.75, 3.05) is 17.7 Å². The van der Waals surface area contributed by atoms with Crippen LogP contribution in [0.4, 0.5) is 17.1 Å². The van der Waals surface area contributed by atoms with Gasteiger partial charge in [0.1, 0.15) is 17.4 Å². The number of hydrogen-bond donors (Lipinski definition) is 2. The highest BCUT2D eigenvalue weighted by Gasteiger charge is 2.16. The van der Waals surface area contributed by atoms with Gasteiger partial charge >= 0.3 is 0 Å². The van der Waals surface area contributed by atoms with Gasteiger partial charge in [0, 0.05) is 18.0 Å². The molecule has 0 aliphatic rings. The third kappa shape index (κ3) is 4.61. The van der Waals surface area contributed by atoms with E-state index in [4.69, 9.17) is 4.74 Å². The molecule has 0 aromatic heterocycles. The summed E-state index contributed by atoms with van der Waals surface area (Å²) in [6.07, 6.45) is 1.32. The molecule has 0 radical (unpaired) electrons. The van der Waals surface area contributed by atoms with Crippen LogP contribution in [0, 0.1) is 35.3 Å². The van der Waals surface area contributed by atoms with Crippen molar-refractivity contribution in [2.45, 2.75) is 13.8 Å². The number of nitrogens with zero attached hydrogens (tertiary/aromatic N) is 2. The van der Waals surface area contributed by atoms with E-state index in [2.05, 4.69) is 10.6 Å². The lowest BCUT2D eigenvalue weighted by Crippen LogP contribution is -2.15. The minimum Gasteiger partial charge on any atom is -0.494 e. The summed E-state index contributed by atoms with van der Waals surface area (Å²) < 4.78 is 5.07. The second kappa shape index (κ2) is 8.49. The molecule has 8 nitrogen and oxygen atoms in total. The Balaban J connectivity index is 2.23. The first-order valence-corrected chi connectivity index (χ1v) is 7.94. The van der Waals surface area contributed by atoms with Crippen molar-refractivity contribution in [3.63, 3.8) is 0 Å². The number of amides is 1. The van der Waals surface area contributed by atoms with Gasteiger partial charge in [-0.2, -0.15) is 5.26 Å². The van der Waals surface area contributed by atoms with Gasteiger partial charge in [0.2, 0.25) is 0 Å². The van der Waals surface area contributed by atoms with Crippen molar-refractivity contribution in [1.82, 2.24) is 0 Å². The van der Waals surface area contributed by atoms with Gasteiger partial charge in [-0.05, 0) is 31.0 Å². The van der Waals surface area contributed by atoms with Crippen molar-refractivity contribution in [3.8, 4) is 11.8 Å². The van der Waals surface area contributed by atoms with Crippen LogP contribution >= 0.6 is 0 Å². The highest BCUT2D eigenvalue weighted by Crippen LogP contribution is 2.29. The number of carbonyl (C=O) groups is 1. The zero-order chi connectivity index (χ0) is 20.0. The molecular weight excluding hydrogens is 348 g/mol. The van der Waals surface area contributed by atoms with E-state index in [1.165, 1.54) is 31.5 Å². The van der Waals surface area contributed by atoms with Gasteiger partial charge in [0.25, 0.3) is 11.6 Å². The zero-order valence-corrected chi connectivity index (χ0v) is 15.1. The van der Waals surface area contributed by atoms with Crippen LogP contribution in [0.5, 0.6) is 5.75 Å². The summed E-state index contributed by atoms with van der Waals surface area (Å²) in [5.41, 5.74) is 2.66. The van der Waals surface area contributed by atoms with Gasteiger partial charge in [-0.25, -0.2) is 0 Å². The monoisotopic (exact) mass is 366 g/mol. The molecule has 0 unspecified atom stereocenters. The van der Waals surface area contributed by atoms with Crippen molar-refractivity contribution in [1.29, 1.82) is 5.26 Å². The van der Waals surface area contributed by atoms with Crippen molar-refractivity contribution in [2.24, 2.45) is 0 Å². The number of benzene rings is 2. The summed E-state index contributed by atoms with van der Waals surface area (Å²) in [6, 6.07) is 11.4. The Kier molecular flexibility index (Phi) is 6.12. The van der Waals surface area contributed by atoms with Crippen molar-refractivity contribution >= 4 is 23.0 Å². The fraction of sp³-hybridized carbons (Fsp3) is 0.158. The SMILES string of the molecule is COc1cc([N+](=O)[O-])ccc1NC(=O)/C(C#N)=C\Nc1c(C)cccc1C. The number of nitriles is 1. The number of para-hydroxylation sites is 1. The molecule has 0 heterocycles. The summed E-state index contributed by atoms with van der Waals surface area (Å²) in [5, 5.41) is 25.6. The molecular formula is C19H18N4O4. The number of carbonyl (C=O) groups excluding carboxylic acids is 1. The molecule has 2 aromatic rings. The average Bonchev–Trinajstić information content (AvgIpc) is 2.64. The molecule has 0 fully saturated rings. The van der Waals surface area contributed by atoms with Crippen LogP contribution in [0.2, 0.25) is 0 Å². The Labute approximate surface area is 156 Å². The molecule has 0 aliphatic carbocycles. The van der Waals surface area contributed by atoms with Gasteiger partial charge in [-0.3, -0.25) is 14.9 Å². The van der Waals surface area contributed by atoms with Crippen LogP contribution in [-0.2, 0) is 4.79 Å². The lowest BCUT2D eigenvalue weighted by molar-refractivity contribution is -0.384. The van der Waals surface area contributed by atoms with Crippen LogP contribution in [0.15, 0.2) is 48.2 Å². The summed E-state index contributed by atoms with van der Waals surface area (Å²) in [4.78, 5) is 22.7. The van der Waals surface area contributed by atoms with Crippen molar-refractivity contribution in [3.05, 3.63) is 69.4 Å². The van der Waals surface area contributed by atoms with E-state index >= 15 is 0 Å². The minimum atomic E-state index is -0.664. The fourth-order valence-corrected chi connectivity index (χ4v) is 2.42. The molecule has 2 N–H and O–H groups in total. The molecule has 27 heavy (non-hydrogen) atoms. The Morgan fingerprint density at radius 1 is 1.26 bits per heavy atom. The molecule has 0 atom stereocenters. The number of methoxy groups -OCH3 is 1. The lowest BCUT2D eigenvalue weighted by atomic mass is 10.1. The summed E-state index contributed by atoms with van der Waals surface area (Å²) in [5.74, 6) is -0.541. The van der Waals surface area contributed by atoms with Crippen molar-refractivity contribution < 1.29 is 14.5 Å². The van der Waals surface area contributed by atoms with Gasteiger partial charge in [-0.1, -0.05) is 18.2 Å². The smallest absolute Gasteiger partial charge is 0.273 e. The van der Waals surface area contributed by atoms with Gasteiger partial charge in [-0.15, -0.1) is 0 Å². The van der Waals surface area contributed by atoms with Gasteiger partial charge < -0.3 is 15.4 Å². The maximum Gasteiger partial charge on any atom is 0.273 e. The number of non-ortho nitro benzene ring substituents is 1. The maximum atomic E-state index is 12.4. The zero-order valence-electron chi connectivity index (χ0n) is 15.1. The quantitative estimate of drug-likeness (QED) is 0.348. The number of rotatable bonds is 6. The Hall–Kier alpha value is -3.86. The molecule has 8 heteroatoms. The summed E-state index contributed by atoms with van der Waals surface area (Å²) in [6.45, 7) is 3.83. The van der Waals surface area contributed by atoms with E-state index in [-0.39, 0.29) is 22.7 Å². The normalized spacial score (nSPS) is 10.7. The number of nitro groups is 1. The first-order chi connectivity index (χ1) is 12.9. The molecule has 138 valence electrons. The first kappa shape index (κ1) is 19.5. The predicted octanol–water partition coefficient (Wildman–Crippen LogP) is 3.68. The molecule has 0 saturated carbocycles. The van der Waals surface area contributed by atoms with E-state index in [9.17, 15) is 20.2 Å². The van der Waals surface area contributed by atoms with Crippen LogP contribution in [0.25, 0.3) is 0 Å². The van der Waals surface area contributed by atoms with Gasteiger partial charge in [0.15, 0.2) is 0 Å². The highest BCUT2D eigenvalue weighted by molar-refractivity contribution is 6.07. The minimum absolute atomic E-state index is 0.123. The number of ether oxygens (including phenoxy) is 1. The average molecular weight is 366 g/mol. The third-order valence-electron chi connectivity index (χ3n) is 3.85. The number of hydrogen-bond acceptors (Lipinski definition) is 6. The topological polar surface area (TPSA) is 117 Å². The fourth-order valence-electron chi connectivity index (χ4n) is 2.42. The molecule has 0 spiro atoms. The highest BCUT2D eigenvalue weighted by atomic mass is 16.6. The molecule has 1 amide bonds. The number of nitrogens with one attached hydrogen (secondary N) is 2. The molecule has 0 bridgehead atoms. The molecule has 0 aliphatic heterocycles. The van der Waals surface area contributed by atoms with Gasteiger partial charge in [0.05, 0.1) is 23.8 Å². The maximum absolute atomic E-state index is 12.4. The number of anilines is 2. The number of nitro benzene ring substituents is 1. The Bertz CT molecular complexity index is 940. The van der Waals surface area contributed by atoms with E-state index in [1.807, 2.05) is 38.1 Å². The Morgan fingerprint density at radius 2 is 1.93 bits per heavy atom. The number of aryl methyl sites for hydroxylation is 2. The standard InChI is InChI=1S/C19H18N4O4/c1-12-5-4-6-13(2)18(12)21-11-14(10-20)19(24)22-16-8-7-15(23(25)26)9-17(16)27-3/h4-9,11,21H,1-3H3,(H,22,24)/b14-11-. The largest absolute Gasteiger partial charge is 0.494 e. The second-order valence-corrected chi connectivity index (χ2v) is 5.68. The van der Waals surface area contributed by atoms with E-state index in [0.29, 0.717) is 0 Å². The van der Waals surface area contributed by atoms with Crippen LogP contribution < -0.4 is 15.4 Å². The first-order valence-electron chi connectivity index (χ1n) is 7.94. The van der Waals surface area contributed by atoms with Crippen LogP contribution in [0.3, 0.4) is 0 Å². The van der Waals surface area contributed by atoms with E-state index in [0.717, 1.165) is 16.8 Å². The van der Waals surface area contributed by atoms with Crippen LogP contribution in [-0.4, -0.2) is 17.9 Å². The second-order valence-electron chi connectivity index (χ2n) is 5.68. The van der Waals surface area contributed by atoms with Crippen LogP contribution in [0.1, 0.15) is 11.1 Å². The Morgan fingerprint density at radius 3 is 2.48 bits per heavy atom. The van der Waals surface area contributed by atoms with E-state index in [1.54, 1.807) is 0 Å². The third-order valence-corrected chi connectivity index (χ3v) is 3.85.